The van der Waals surface area contributed by atoms with E-state index in [1.807, 2.05) is 18.2 Å². The summed E-state index contributed by atoms with van der Waals surface area (Å²) in [5, 5.41) is 9.34. The number of carbonyl (C=O) groups is 1. The van der Waals surface area contributed by atoms with Gasteiger partial charge in [0.15, 0.2) is 11.0 Å². The van der Waals surface area contributed by atoms with E-state index in [1.165, 1.54) is 17.8 Å². The fourth-order valence-corrected chi connectivity index (χ4v) is 4.44. The molecule has 3 aromatic rings. The van der Waals surface area contributed by atoms with Crippen LogP contribution in [-0.2, 0) is 4.79 Å². The lowest BCUT2D eigenvalue weighted by Crippen LogP contribution is -2.10. The third kappa shape index (κ3) is 3.15. The topological polar surface area (TPSA) is 47.8 Å². The first-order valence-corrected chi connectivity index (χ1v) is 9.55. The Hall–Kier alpha value is -2.18. The molecule has 1 aliphatic rings. The highest BCUT2D eigenvalue weighted by Crippen LogP contribution is 2.36. The van der Waals surface area contributed by atoms with E-state index in [9.17, 15) is 9.18 Å². The molecule has 0 radical (unpaired) electrons. The van der Waals surface area contributed by atoms with Gasteiger partial charge in [-0.15, -0.1) is 10.2 Å². The van der Waals surface area contributed by atoms with Gasteiger partial charge in [-0.25, -0.2) is 4.39 Å². The van der Waals surface area contributed by atoms with E-state index in [0.717, 1.165) is 12.8 Å². The van der Waals surface area contributed by atoms with E-state index in [0.29, 0.717) is 33.7 Å². The molecular formula is C19H15ClFN3OS. The second kappa shape index (κ2) is 7.21. The summed E-state index contributed by atoms with van der Waals surface area (Å²) in [7, 11) is 0. The predicted molar refractivity (Wildman–Crippen MR) is 100 cm³/mol. The van der Waals surface area contributed by atoms with Crippen molar-refractivity contribution in [3.63, 3.8) is 0 Å². The fourth-order valence-electron chi connectivity index (χ4n) is 3.05. The van der Waals surface area contributed by atoms with Crippen LogP contribution in [0, 0.1) is 5.82 Å². The van der Waals surface area contributed by atoms with Gasteiger partial charge in [-0.2, -0.15) is 0 Å². The van der Waals surface area contributed by atoms with Gasteiger partial charge in [0.05, 0.1) is 16.0 Å². The van der Waals surface area contributed by atoms with Crippen molar-refractivity contribution in [1.82, 2.24) is 14.8 Å². The first kappa shape index (κ1) is 17.2. The van der Waals surface area contributed by atoms with Crippen LogP contribution in [0.15, 0.2) is 53.7 Å². The van der Waals surface area contributed by atoms with E-state index in [2.05, 4.69) is 10.2 Å². The number of aromatic nitrogens is 3. The Morgan fingerprint density at radius 2 is 1.88 bits per heavy atom. The van der Waals surface area contributed by atoms with Gasteiger partial charge in [-0.3, -0.25) is 9.36 Å². The molecule has 0 N–H and O–H groups in total. The van der Waals surface area contributed by atoms with Gasteiger partial charge in [0.2, 0.25) is 0 Å². The van der Waals surface area contributed by atoms with E-state index in [-0.39, 0.29) is 16.9 Å². The summed E-state index contributed by atoms with van der Waals surface area (Å²) in [6, 6.07) is 13.7. The largest absolute Gasteiger partial charge is 0.298 e. The first-order valence-electron chi connectivity index (χ1n) is 8.30. The Bertz CT molecular complexity index is 975. The van der Waals surface area contributed by atoms with Crippen molar-refractivity contribution in [3.8, 4) is 17.1 Å². The zero-order chi connectivity index (χ0) is 18.1. The van der Waals surface area contributed by atoms with Gasteiger partial charge < -0.3 is 0 Å². The SMILES string of the molecule is O=C1CCC[C@@H]1Sc1nnc(-c2ccccc2Cl)n1-c1ccccc1F. The van der Waals surface area contributed by atoms with Crippen LogP contribution in [0.2, 0.25) is 5.02 Å². The van der Waals surface area contributed by atoms with Gasteiger partial charge in [-0.05, 0) is 37.1 Å². The summed E-state index contributed by atoms with van der Waals surface area (Å²) in [6.45, 7) is 0. The Balaban J connectivity index is 1.86. The number of thioether (sulfide) groups is 1. The summed E-state index contributed by atoms with van der Waals surface area (Å²) in [6.07, 6.45) is 2.26. The molecule has 0 spiro atoms. The van der Waals surface area contributed by atoms with Crippen LogP contribution in [0.1, 0.15) is 19.3 Å². The zero-order valence-electron chi connectivity index (χ0n) is 13.7. The summed E-state index contributed by atoms with van der Waals surface area (Å²) < 4.78 is 16.2. The number of ketones is 1. The van der Waals surface area contributed by atoms with Crippen molar-refractivity contribution >= 4 is 29.1 Å². The highest BCUT2D eigenvalue weighted by molar-refractivity contribution is 8.00. The normalized spacial score (nSPS) is 17.0. The first-order chi connectivity index (χ1) is 12.6. The summed E-state index contributed by atoms with van der Waals surface area (Å²) in [5.74, 6) is 0.270. The maximum absolute atomic E-state index is 14.5. The quantitative estimate of drug-likeness (QED) is 0.636. The number of nitrogens with zero attached hydrogens (tertiary/aromatic N) is 3. The molecule has 2 aromatic carbocycles. The van der Waals surface area contributed by atoms with Crippen molar-refractivity contribution in [2.75, 3.05) is 0 Å². The summed E-state index contributed by atoms with van der Waals surface area (Å²) in [5.41, 5.74) is 0.995. The second-order valence-corrected chi connectivity index (χ2v) is 7.61. The van der Waals surface area contributed by atoms with E-state index in [4.69, 9.17) is 11.6 Å². The number of hydrogen-bond acceptors (Lipinski definition) is 4. The molecule has 1 aromatic heterocycles. The lowest BCUT2D eigenvalue weighted by molar-refractivity contribution is -0.116. The van der Waals surface area contributed by atoms with Gasteiger partial charge in [-0.1, -0.05) is 47.6 Å². The molecule has 26 heavy (non-hydrogen) atoms. The number of Topliss-reactive ketones (excluding diaryl/α,β-unsaturated/α-hetero) is 1. The number of para-hydroxylation sites is 1. The minimum atomic E-state index is -0.389. The zero-order valence-corrected chi connectivity index (χ0v) is 15.3. The fraction of sp³-hybridized carbons (Fsp3) is 0.211. The molecule has 1 aliphatic carbocycles. The van der Waals surface area contributed by atoms with Gasteiger partial charge in [0.1, 0.15) is 11.6 Å². The Morgan fingerprint density at radius 1 is 1.12 bits per heavy atom. The maximum Gasteiger partial charge on any atom is 0.196 e. The molecule has 132 valence electrons. The monoisotopic (exact) mass is 387 g/mol. The van der Waals surface area contributed by atoms with Crippen LogP contribution >= 0.6 is 23.4 Å². The van der Waals surface area contributed by atoms with Crippen molar-refractivity contribution < 1.29 is 9.18 Å². The molecule has 0 saturated heterocycles. The van der Waals surface area contributed by atoms with Crippen LogP contribution in [0.3, 0.4) is 0 Å². The van der Waals surface area contributed by atoms with Crippen LogP contribution in [-0.4, -0.2) is 25.8 Å². The molecule has 0 amide bonds. The standard InChI is InChI=1S/C19H15ClFN3OS/c20-13-7-2-1-6-12(13)18-22-23-19(26-17-11-5-10-16(17)25)24(18)15-9-4-3-8-14(15)21/h1-4,6-9,17H,5,10-11H2/t17-/m0/s1. The summed E-state index contributed by atoms with van der Waals surface area (Å²) in [4.78, 5) is 12.1. The third-order valence-electron chi connectivity index (χ3n) is 4.34. The maximum atomic E-state index is 14.5. The van der Waals surface area contributed by atoms with Crippen LogP contribution < -0.4 is 0 Å². The highest BCUT2D eigenvalue weighted by Gasteiger charge is 2.29. The molecule has 4 rings (SSSR count). The lowest BCUT2D eigenvalue weighted by atomic mass is 10.2. The Morgan fingerprint density at radius 3 is 2.62 bits per heavy atom. The molecule has 1 fully saturated rings. The van der Waals surface area contributed by atoms with Gasteiger partial charge in [0.25, 0.3) is 0 Å². The number of rotatable bonds is 4. The average molecular weight is 388 g/mol. The second-order valence-electron chi connectivity index (χ2n) is 6.04. The molecule has 0 unspecified atom stereocenters. The van der Waals surface area contributed by atoms with Crippen molar-refractivity contribution in [2.45, 2.75) is 29.7 Å². The minimum Gasteiger partial charge on any atom is -0.298 e. The van der Waals surface area contributed by atoms with E-state index < -0.39 is 0 Å². The number of halogens is 2. The number of benzene rings is 2. The number of hydrogen-bond donors (Lipinski definition) is 0. The molecule has 1 saturated carbocycles. The molecule has 4 nitrogen and oxygen atoms in total. The van der Waals surface area contributed by atoms with Crippen molar-refractivity contribution in [2.24, 2.45) is 0 Å². The Kier molecular flexibility index (Phi) is 4.78. The van der Waals surface area contributed by atoms with Crippen molar-refractivity contribution in [3.05, 3.63) is 59.4 Å². The predicted octanol–water partition coefficient (Wildman–Crippen LogP) is 4.94. The van der Waals surface area contributed by atoms with Crippen LogP contribution in [0.5, 0.6) is 0 Å². The van der Waals surface area contributed by atoms with Crippen LogP contribution in [0.4, 0.5) is 4.39 Å². The molecule has 0 bridgehead atoms. The smallest absolute Gasteiger partial charge is 0.196 e. The molecule has 0 aliphatic heterocycles. The minimum absolute atomic E-state index is 0.163. The van der Waals surface area contributed by atoms with E-state index in [1.54, 1.807) is 28.8 Å². The Labute approximate surface area is 159 Å². The van der Waals surface area contributed by atoms with Crippen molar-refractivity contribution in [1.29, 1.82) is 0 Å². The summed E-state index contributed by atoms with van der Waals surface area (Å²) >= 11 is 7.67. The highest BCUT2D eigenvalue weighted by atomic mass is 35.5. The molecule has 1 atom stereocenters. The van der Waals surface area contributed by atoms with Crippen LogP contribution in [0.25, 0.3) is 17.1 Å². The van der Waals surface area contributed by atoms with Gasteiger partial charge >= 0.3 is 0 Å². The molecule has 7 heteroatoms. The number of carbonyl (C=O) groups excluding carboxylic acids is 1. The van der Waals surface area contributed by atoms with Gasteiger partial charge in [0, 0.05) is 12.0 Å². The lowest BCUT2D eigenvalue weighted by Gasteiger charge is -2.13. The average Bonchev–Trinajstić information content (AvgIpc) is 3.23. The molecule has 1 heterocycles. The third-order valence-corrected chi connectivity index (χ3v) is 5.93. The molecular weight excluding hydrogens is 373 g/mol. The van der Waals surface area contributed by atoms with E-state index >= 15 is 0 Å².